The highest BCUT2D eigenvalue weighted by atomic mass is 79.9. The van der Waals surface area contributed by atoms with Gasteiger partial charge in [0.2, 0.25) is 0 Å². The molecule has 1 N–H and O–H groups in total. The quantitative estimate of drug-likeness (QED) is 0.761. The standard InChI is InChI=1S/C14H22BrNS/c1-10(2)5-4-8-16-12-6-3-7-13-11(12)9-14(15)17-13/h9-10,12,16H,3-8H2,1-2H3. The van der Waals surface area contributed by atoms with Crippen molar-refractivity contribution < 1.29 is 0 Å². The Balaban J connectivity index is 1.86. The van der Waals surface area contributed by atoms with Crippen molar-refractivity contribution in [2.24, 2.45) is 5.92 Å². The summed E-state index contributed by atoms with van der Waals surface area (Å²) in [4.78, 5) is 1.59. The van der Waals surface area contributed by atoms with Crippen LogP contribution >= 0.6 is 27.3 Å². The van der Waals surface area contributed by atoms with E-state index in [4.69, 9.17) is 0 Å². The second-order valence-electron chi connectivity index (χ2n) is 5.36. The maximum absolute atomic E-state index is 3.73. The number of aryl methyl sites for hydroxylation is 1. The topological polar surface area (TPSA) is 12.0 Å². The number of nitrogens with one attached hydrogen (secondary N) is 1. The Bertz CT molecular complexity index is 359. The number of halogens is 1. The average Bonchev–Trinajstić information content (AvgIpc) is 2.65. The third-order valence-corrected chi connectivity index (χ3v) is 5.15. The molecule has 1 atom stereocenters. The monoisotopic (exact) mass is 315 g/mol. The molecule has 96 valence electrons. The molecule has 0 bridgehead atoms. The molecule has 0 fully saturated rings. The molecule has 0 amide bonds. The van der Waals surface area contributed by atoms with Crippen molar-refractivity contribution in [1.29, 1.82) is 0 Å². The van der Waals surface area contributed by atoms with Gasteiger partial charge in [-0.3, -0.25) is 0 Å². The fraction of sp³-hybridized carbons (Fsp3) is 0.714. The van der Waals surface area contributed by atoms with Crippen LogP contribution in [0.15, 0.2) is 9.85 Å². The van der Waals surface area contributed by atoms with Gasteiger partial charge in [0.25, 0.3) is 0 Å². The van der Waals surface area contributed by atoms with E-state index in [0.717, 1.165) is 12.5 Å². The summed E-state index contributed by atoms with van der Waals surface area (Å²) in [5, 5.41) is 3.73. The molecule has 1 nitrogen and oxygen atoms in total. The minimum atomic E-state index is 0.605. The number of rotatable bonds is 5. The first-order valence-corrected chi connectivity index (χ1v) is 8.29. The Morgan fingerprint density at radius 1 is 1.53 bits per heavy atom. The van der Waals surface area contributed by atoms with Gasteiger partial charge in [0.05, 0.1) is 3.79 Å². The largest absolute Gasteiger partial charge is 0.310 e. The first kappa shape index (κ1) is 13.6. The predicted octanol–water partition coefficient (Wildman–Crippen LogP) is 4.91. The Kier molecular flexibility index (Phi) is 5.07. The number of hydrogen-bond acceptors (Lipinski definition) is 2. The Morgan fingerprint density at radius 3 is 3.12 bits per heavy atom. The van der Waals surface area contributed by atoms with Gasteiger partial charge < -0.3 is 5.32 Å². The van der Waals surface area contributed by atoms with E-state index < -0.39 is 0 Å². The van der Waals surface area contributed by atoms with Gasteiger partial charge in [-0.1, -0.05) is 13.8 Å². The number of fused-ring (bicyclic) bond motifs is 1. The van der Waals surface area contributed by atoms with Crippen molar-refractivity contribution in [1.82, 2.24) is 5.32 Å². The summed E-state index contributed by atoms with van der Waals surface area (Å²) in [5.41, 5.74) is 1.55. The van der Waals surface area contributed by atoms with Crippen molar-refractivity contribution in [3.63, 3.8) is 0 Å². The van der Waals surface area contributed by atoms with E-state index in [9.17, 15) is 0 Å². The van der Waals surface area contributed by atoms with Crippen LogP contribution in [0.5, 0.6) is 0 Å². The lowest BCUT2D eigenvalue weighted by Crippen LogP contribution is -2.25. The van der Waals surface area contributed by atoms with E-state index in [1.165, 1.54) is 35.9 Å². The maximum Gasteiger partial charge on any atom is 0.0704 e. The van der Waals surface area contributed by atoms with E-state index in [1.807, 2.05) is 11.3 Å². The average molecular weight is 316 g/mol. The van der Waals surface area contributed by atoms with Crippen molar-refractivity contribution in [2.45, 2.75) is 52.0 Å². The van der Waals surface area contributed by atoms with Gasteiger partial charge in [0, 0.05) is 10.9 Å². The van der Waals surface area contributed by atoms with Crippen LogP contribution in [0, 0.1) is 5.92 Å². The van der Waals surface area contributed by atoms with Gasteiger partial charge in [0.1, 0.15) is 0 Å². The smallest absolute Gasteiger partial charge is 0.0704 e. The Labute approximate surface area is 117 Å². The first-order chi connectivity index (χ1) is 8.16. The van der Waals surface area contributed by atoms with Crippen molar-refractivity contribution in [3.8, 4) is 0 Å². The molecule has 0 spiro atoms. The molecule has 1 aliphatic rings. The summed E-state index contributed by atoms with van der Waals surface area (Å²) >= 11 is 5.53. The van der Waals surface area contributed by atoms with Crippen LogP contribution < -0.4 is 5.32 Å². The first-order valence-electron chi connectivity index (χ1n) is 6.68. The molecule has 1 aromatic heterocycles. The zero-order valence-corrected chi connectivity index (χ0v) is 13.2. The fourth-order valence-electron chi connectivity index (χ4n) is 2.52. The Hall–Kier alpha value is 0.140. The molecular formula is C14H22BrNS. The molecule has 0 saturated heterocycles. The highest BCUT2D eigenvalue weighted by molar-refractivity contribution is 9.11. The van der Waals surface area contributed by atoms with Gasteiger partial charge in [-0.05, 0) is 72.1 Å². The van der Waals surface area contributed by atoms with E-state index in [1.54, 1.807) is 10.4 Å². The second-order valence-corrected chi connectivity index (χ2v) is 7.88. The van der Waals surface area contributed by atoms with Crippen LogP contribution in [0.2, 0.25) is 0 Å². The van der Waals surface area contributed by atoms with Crippen LogP contribution in [-0.4, -0.2) is 6.54 Å². The zero-order chi connectivity index (χ0) is 12.3. The van der Waals surface area contributed by atoms with E-state index in [0.29, 0.717) is 6.04 Å². The highest BCUT2D eigenvalue weighted by Crippen LogP contribution is 2.37. The van der Waals surface area contributed by atoms with Crippen molar-refractivity contribution in [2.75, 3.05) is 6.54 Å². The fourth-order valence-corrected chi connectivity index (χ4v) is 4.34. The van der Waals surface area contributed by atoms with E-state index in [2.05, 4.69) is 41.2 Å². The molecule has 0 aliphatic heterocycles. The molecule has 3 heteroatoms. The SMILES string of the molecule is CC(C)CCCNC1CCCc2sc(Br)cc21. The van der Waals surface area contributed by atoms with Gasteiger partial charge in [-0.2, -0.15) is 0 Å². The lowest BCUT2D eigenvalue weighted by atomic mass is 9.94. The maximum atomic E-state index is 3.73. The minimum Gasteiger partial charge on any atom is -0.310 e. The molecule has 17 heavy (non-hydrogen) atoms. The highest BCUT2D eigenvalue weighted by Gasteiger charge is 2.21. The van der Waals surface area contributed by atoms with E-state index in [-0.39, 0.29) is 0 Å². The van der Waals surface area contributed by atoms with Gasteiger partial charge in [-0.25, -0.2) is 0 Å². The lowest BCUT2D eigenvalue weighted by molar-refractivity contribution is 0.441. The molecule has 0 aromatic carbocycles. The van der Waals surface area contributed by atoms with Gasteiger partial charge in [0.15, 0.2) is 0 Å². The van der Waals surface area contributed by atoms with Crippen LogP contribution in [0.3, 0.4) is 0 Å². The van der Waals surface area contributed by atoms with Crippen LogP contribution in [-0.2, 0) is 6.42 Å². The summed E-state index contributed by atoms with van der Waals surface area (Å²) in [5.74, 6) is 0.828. The Morgan fingerprint density at radius 2 is 2.35 bits per heavy atom. The summed E-state index contributed by atoms with van der Waals surface area (Å²) in [6, 6.07) is 2.92. The van der Waals surface area contributed by atoms with Gasteiger partial charge >= 0.3 is 0 Å². The third kappa shape index (κ3) is 3.80. The van der Waals surface area contributed by atoms with Crippen LogP contribution in [0.25, 0.3) is 0 Å². The number of hydrogen-bond donors (Lipinski definition) is 1. The lowest BCUT2D eigenvalue weighted by Gasteiger charge is -2.23. The summed E-state index contributed by atoms with van der Waals surface area (Å²) in [6.45, 7) is 5.76. The summed E-state index contributed by atoms with van der Waals surface area (Å²) in [7, 11) is 0. The molecule has 0 radical (unpaired) electrons. The molecule has 1 heterocycles. The minimum absolute atomic E-state index is 0.605. The molecule has 1 aliphatic carbocycles. The van der Waals surface area contributed by atoms with Crippen LogP contribution in [0.4, 0.5) is 0 Å². The van der Waals surface area contributed by atoms with Crippen molar-refractivity contribution >= 4 is 27.3 Å². The van der Waals surface area contributed by atoms with Crippen molar-refractivity contribution in [3.05, 3.63) is 20.3 Å². The molecule has 2 rings (SSSR count). The predicted molar refractivity (Wildman–Crippen MR) is 79.8 cm³/mol. The summed E-state index contributed by atoms with van der Waals surface area (Å²) in [6.07, 6.45) is 6.55. The third-order valence-electron chi connectivity index (χ3n) is 3.43. The summed E-state index contributed by atoms with van der Waals surface area (Å²) < 4.78 is 1.29. The number of thiophene rings is 1. The normalized spacial score (nSPS) is 19.6. The molecular weight excluding hydrogens is 294 g/mol. The zero-order valence-electron chi connectivity index (χ0n) is 10.8. The molecule has 0 saturated carbocycles. The molecule has 1 aromatic rings. The second kappa shape index (κ2) is 6.35. The van der Waals surface area contributed by atoms with Crippen LogP contribution in [0.1, 0.15) is 56.0 Å². The van der Waals surface area contributed by atoms with E-state index >= 15 is 0 Å². The van der Waals surface area contributed by atoms with Gasteiger partial charge in [-0.15, -0.1) is 11.3 Å². The molecule has 1 unspecified atom stereocenters.